The van der Waals surface area contributed by atoms with Crippen LogP contribution in [0.25, 0.3) is 0 Å². The van der Waals surface area contributed by atoms with Gasteiger partial charge in [0.2, 0.25) is 6.79 Å². The van der Waals surface area contributed by atoms with E-state index >= 15 is 0 Å². The van der Waals surface area contributed by atoms with Crippen molar-refractivity contribution in [3.63, 3.8) is 0 Å². The first-order chi connectivity index (χ1) is 9.36. The zero-order valence-electron chi connectivity index (χ0n) is 10.4. The molecule has 19 heavy (non-hydrogen) atoms. The Morgan fingerprint density at radius 1 is 1.32 bits per heavy atom. The molecule has 100 valence electrons. The SMILES string of the molecule is NCc1cc2c(cc1OCCn1cccn1)OCO2. The van der Waals surface area contributed by atoms with Crippen LogP contribution >= 0.6 is 0 Å². The van der Waals surface area contributed by atoms with Gasteiger partial charge in [-0.3, -0.25) is 4.68 Å². The highest BCUT2D eigenvalue weighted by Crippen LogP contribution is 2.37. The van der Waals surface area contributed by atoms with Crippen molar-refractivity contribution in [1.29, 1.82) is 0 Å². The van der Waals surface area contributed by atoms with Gasteiger partial charge in [-0.25, -0.2) is 0 Å². The molecule has 6 nitrogen and oxygen atoms in total. The van der Waals surface area contributed by atoms with E-state index in [0.717, 1.165) is 17.1 Å². The van der Waals surface area contributed by atoms with E-state index in [2.05, 4.69) is 5.10 Å². The van der Waals surface area contributed by atoms with Crippen molar-refractivity contribution in [1.82, 2.24) is 9.78 Å². The molecule has 1 aromatic carbocycles. The number of fused-ring (bicyclic) bond motifs is 1. The lowest BCUT2D eigenvalue weighted by Crippen LogP contribution is -2.10. The molecule has 2 heterocycles. The summed E-state index contributed by atoms with van der Waals surface area (Å²) in [5, 5.41) is 4.12. The summed E-state index contributed by atoms with van der Waals surface area (Å²) in [5.41, 5.74) is 6.62. The smallest absolute Gasteiger partial charge is 0.231 e. The van der Waals surface area contributed by atoms with E-state index in [9.17, 15) is 0 Å². The van der Waals surface area contributed by atoms with Gasteiger partial charge in [0.25, 0.3) is 0 Å². The van der Waals surface area contributed by atoms with Gasteiger partial charge in [-0.1, -0.05) is 0 Å². The molecule has 0 fully saturated rings. The van der Waals surface area contributed by atoms with Crippen LogP contribution in [0.3, 0.4) is 0 Å². The number of aromatic nitrogens is 2. The third-order valence-electron chi connectivity index (χ3n) is 2.91. The number of benzene rings is 1. The van der Waals surface area contributed by atoms with E-state index < -0.39 is 0 Å². The summed E-state index contributed by atoms with van der Waals surface area (Å²) in [5.74, 6) is 2.16. The fourth-order valence-electron chi connectivity index (χ4n) is 1.94. The predicted molar refractivity (Wildman–Crippen MR) is 68.2 cm³/mol. The number of rotatable bonds is 5. The van der Waals surface area contributed by atoms with Crippen molar-refractivity contribution >= 4 is 0 Å². The maximum atomic E-state index is 5.75. The highest BCUT2D eigenvalue weighted by Gasteiger charge is 2.17. The summed E-state index contributed by atoms with van der Waals surface area (Å²) >= 11 is 0. The molecule has 0 spiro atoms. The first-order valence-corrected chi connectivity index (χ1v) is 6.09. The molecule has 0 aliphatic carbocycles. The average Bonchev–Trinajstić information content (AvgIpc) is 3.08. The summed E-state index contributed by atoms with van der Waals surface area (Å²) in [6, 6.07) is 5.57. The molecule has 0 saturated heterocycles. The van der Waals surface area contributed by atoms with Crippen molar-refractivity contribution in [3.05, 3.63) is 36.2 Å². The van der Waals surface area contributed by atoms with E-state index in [0.29, 0.717) is 25.4 Å². The third-order valence-corrected chi connectivity index (χ3v) is 2.91. The lowest BCUT2D eigenvalue weighted by Gasteiger charge is -2.11. The van der Waals surface area contributed by atoms with Crippen molar-refractivity contribution in [2.75, 3.05) is 13.4 Å². The Bertz CT molecular complexity index is 555. The third kappa shape index (κ3) is 2.48. The molecular weight excluding hydrogens is 246 g/mol. The van der Waals surface area contributed by atoms with Crippen molar-refractivity contribution < 1.29 is 14.2 Å². The Morgan fingerprint density at radius 2 is 2.16 bits per heavy atom. The molecule has 0 amide bonds. The molecule has 1 aromatic heterocycles. The van der Waals surface area contributed by atoms with Crippen LogP contribution in [0, 0.1) is 0 Å². The van der Waals surface area contributed by atoms with Gasteiger partial charge in [-0.2, -0.15) is 5.10 Å². The summed E-state index contributed by atoms with van der Waals surface area (Å²) < 4.78 is 18.2. The molecule has 0 saturated carbocycles. The zero-order valence-corrected chi connectivity index (χ0v) is 10.4. The Labute approximate surface area is 110 Å². The summed E-state index contributed by atoms with van der Waals surface area (Å²) in [6.45, 7) is 1.85. The van der Waals surface area contributed by atoms with Gasteiger partial charge in [-0.15, -0.1) is 0 Å². The molecule has 1 aliphatic rings. The van der Waals surface area contributed by atoms with E-state index in [-0.39, 0.29) is 6.79 Å². The minimum Gasteiger partial charge on any atom is -0.491 e. The summed E-state index contributed by atoms with van der Waals surface area (Å²) in [6.07, 6.45) is 3.64. The lowest BCUT2D eigenvalue weighted by molar-refractivity contribution is 0.173. The molecule has 0 bridgehead atoms. The Kier molecular flexibility index (Phi) is 3.24. The van der Waals surface area contributed by atoms with Crippen LogP contribution in [0.4, 0.5) is 0 Å². The molecule has 0 atom stereocenters. The number of nitrogens with two attached hydrogens (primary N) is 1. The fraction of sp³-hybridized carbons (Fsp3) is 0.308. The van der Waals surface area contributed by atoms with Gasteiger partial charge >= 0.3 is 0 Å². The standard InChI is InChI=1S/C13H15N3O3/c14-8-10-6-12-13(19-9-18-12)7-11(10)17-5-4-16-3-1-2-15-16/h1-3,6-7H,4-5,8-9,14H2. The summed E-state index contributed by atoms with van der Waals surface area (Å²) in [4.78, 5) is 0. The van der Waals surface area contributed by atoms with Crippen LogP contribution in [-0.2, 0) is 13.1 Å². The average molecular weight is 261 g/mol. The molecule has 3 rings (SSSR count). The van der Waals surface area contributed by atoms with E-state index in [1.54, 1.807) is 6.20 Å². The van der Waals surface area contributed by atoms with Crippen LogP contribution in [0.1, 0.15) is 5.56 Å². The number of ether oxygens (including phenoxy) is 3. The largest absolute Gasteiger partial charge is 0.491 e. The van der Waals surface area contributed by atoms with Crippen LogP contribution < -0.4 is 19.9 Å². The maximum Gasteiger partial charge on any atom is 0.231 e. The number of nitrogens with zero attached hydrogens (tertiary/aromatic N) is 2. The van der Waals surface area contributed by atoms with Crippen LogP contribution in [-0.4, -0.2) is 23.2 Å². The van der Waals surface area contributed by atoms with Gasteiger partial charge in [0, 0.05) is 30.6 Å². The van der Waals surface area contributed by atoms with Gasteiger partial charge in [0.05, 0.1) is 6.54 Å². The Hall–Kier alpha value is -2.21. The molecular formula is C13H15N3O3. The highest BCUT2D eigenvalue weighted by atomic mass is 16.7. The number of hydrogen-bond donors (Lipinski definition) is 1. The molecule has 6 heteroatoms. The van der Waals surface area contributed by atoms with E-state index in [4.69, 9.17) is 19.9 Å². The number of hydrogen-bond acceptors (Lipinski definition) is 5. The van der Waals surface area contributed by atoms with Crippen LogP contribution in [0.2, 0.25) is 0 Å². The Morgan fingerprint density at radius 3 is 2.89 bits per heavy atom. The first-order valence-electron chi connectivity index (χ1n) is 6.09. The summed E-state index contributed by atoms with van der Waals surface area (Å²) in [7, 11) is 0. The Balaban J connectivity index is 1.69. The minimum atomic E-state index is 0.246. The van der Waals surface area contributed by atoms with E-state index in [1.807, 2.05) is 29.1 Å². The monoisotopic (exact) mass is 261 g/mol. The second kappa shape index (κ2) is 5.19. The molecule has 2 aromatic rings. The van der Waals surface area contributed by atoms with Gasteiger partial charge in [0.1, 0.15) is 12.4 Å². The lowest BCUT2D eigenvalue weighted by atomic mass is 10.2. The van der Waals surface area contributed by atoms with E-state index in [1.165, 1.54) is 0 Å². The van der Waals surface area contributed by atoms with Crippen molar-refractivity contribution in [3.8, 4) is 17.2 Å². The highest BCUT2D eigenvalue weighted by molar-refractivity contribution is 5.51. The topological polar surface area (TPSA) is 71.5 Å². The van der Waals surface area contributed by atoms with Crippen LogP contribution in [0.5, 0.6) is 17.2 Å². The second-order valence-corrected chi connectivity index (χ2v) is 4.13. The fourth-order valence-corrected chi connectivity index (χ4v) is 1.94. The van der Waals surface area contributed by atoms with Gasteiger partial charge in [0.15, 0.2) is 11.5 Å². The first kappa shape index (κ1) is 11.9. The molecule has 0 unspecified atom stereocenters. The molecule has 2 N–H and O–H groups in total. The molecule has 1 aliphatic heterocycles. The van der Waals surface area contributed by atoms with Crippen LogP contribution in [0.15, 0.2) is 30.6 Å². The quantitative estimate of drug-likeness (QED) is 0.874. The predicted octanol–water partition coefficient (Wildman–Crippen LogP) is 1.15. The van der Waals surface area contributed by atoms with Crippen molar-refractivity contribution in [2.24, 2.45) is 5.73 Å². The van der Waals surface area contributed by atoms with Crippen molar-refractivity contribution in [2.45, 2.75) is 13.1 Å². The van der Waals surface area contributed by atoms with Gasteiger partial charge < -0.3 is 19.9 Å². The maximum absolute atomic E-state index is 5.75. The molecule has 0 radical (unpaired) electrons. The second-order valence-electron chi connectivity index (χ2n) is 4.13. The minimum absolute atomic E-state index is 0.246. The van der Waals surface area contributed by atoms with Gasteiger partial charge in [-0.05, 0) is 12.1 Å². The zero-order chi connectivity index (χ0) is 13.1. The normalized spacial score (nSPS) is 12.7.